The Morgan fingerprint density at radius 1 is 1.17 bits per heavy atom. The third kappa shape index (κ3) is 3.19. The lowest BCUT2D eigenvalue weighted by Gasteiger charge is -2.02. The minimum Gasteiger partial charge on any atom is -0.457 e. The smallest absolute Gasteiger partial charge is 0.374 e. The quantitative estimate of drug-likeness (QED) is 0.480. The molecule has 2 aromatic rings. The summed E-state index contributed by atoms with van der Waals surface area (Å²) in [6, 6.07) is 10.1. The number of esters is 1. The summed E-state index contributed by atoms with van der Waals surface area (Å²) in [6.45, 7) is -0.292. The molecule has 1 heterocycles. The summed E-state index contributed by atoms with van der Waals surface area (Å²) < 4.78 is 10.7. The molecule has 1 aromatic carbocycles. The number of ether oxygens (including phenoxy) is 1. The fourth-order valence-corrected chi connectivity index (χ4v) is 1.68. The van der Waals surface area contributed by atoms with Gasteiger partial charge in [-0.2, -0.15) is 0 Å². The third-order valence-electron chi connectivity index (χ3n) is 2.22. The minimum atomic E-state index is -0.640. The first-order valence-corrected chi connectivity index (χ1v) is 6.24. The molecule has 0 radical (unpaired) electrons. The second-order valence-corrected chi connectivity index (χ2v) is 4.73. The number of halogens is 1. The largest absolute Gasteiger partial charge is 0.457 e. The molecule has 5 heteroatoms. The topological polar surface area (TPSA) is 56.5 Å². The highest BCUT2D eigenvalue weighted by molar-refractivity contribution is 14.1. The second-order valence-electron chi connectivity index (χ2n) is 3.48. The summed E-state index contributed by atoms with van der Waals surface area (Å²) in [4.78, 5) is 23.1. The molecule has 0 spiro atoms. The van der Waals surface area contributed by atoms with Crippen molar-refractivity contribution in [2.45, 2.75) is 0 Å². The average molecular weight is 356 g/mol. The number of hydrogen-bond donors (Lipinski definition) is 0. The molecule has 2 rings (SSSR count). The van der Waals surface area contributed by atoms with Crippen molar-refractivity contribution in [3.05, 3.63) is 57.6 Å². The number of benzene rings is 1. The van der Waals surface area contributed by atoms with E-state index in [2.05, 4.69) is 22.6 Å². The highest BCUT2D eigenvalue weighted by atomic mass is 127. The number of carbonyl (C=O) groups is 2. The summed E-state index contributed by atoms with van der Waals surface area (Å²) in [5.41, 5.74) is 0.516. The fraction of sp³-hybridized carbons (Fsp3) is 0.0769. The Morgan fingerprint density at radius 2 is 1.89 bits per heavy atom. The Morgan fingerprint density at radius 3 is 2.50 bits per heavy atom. The van der Waals surface area contributed by atoms with E-state index in [-0.39, 0.29) is 18.2 Å². The van der Waals surface area contributed by atoms with Crippen LogP contribution >= 0.6 is 22.6 Å². The highest BCUT2D eigenvalue weighted by Crippen LogP contribution is 2.08. The molecular weight excluding hydrogens is 347 g/mol. The van der Waals surface area contributed by atoms with E-state index >= 15 is 0 Å². The Kier molecular flexibility index (Phi) is 4.14. The van der Waals surface area contributed by atoms with Gasteiger partial charge in [-0.1, -0.05) is 12.1 Å². The van der Waals surface area contributed by atoms with Crippen molar-refractivity contribution in [1.29, 1.82) is 0 Å². The van der Waals surface area contributed by atoms with Crippen LogP contribution in [-0.4, -0.2) is 18.4 Å². The normalized spacial score (nSPS) is 10.1. The van der Waals surface area contributed by atoms with Gasteiger partial charge in [-0.05, 0) is 46.9 Å². The molecule has 1 aromatic heterocycles. The predicted molar refractivity (Wildman–Crippen MR) is 72.5 cm³/mol. The molecule has 0 aliphatic heterocycles. The van der Waals surface area contributed by atoms with Crippen LogP contribution in [0.1, 0.15) is 20.9 Å². The van der Waals surface area contributed by atoms with Gasteiger partial charge < -0.3 is 9.15 Å². The van der Waals surface area contributed by atoms with Crippen LogP contribution in [0.15, 0.2) is 47.1 Å². The first-order valence-electron chi connectivity index (χ1n) is 5.16. The summed E-state index contributed by atoms with van der Waals surface area (Å²) in [5.74, 6) is -0.796. The average Bonchev–Trinajstić information content (AvgIpc) is 2.90. The highest BCUT2D eigenvalue weighted by Gasteiger charge is 2.13. The van der Waals surface area contributed by atoms with E-state index in [0.29, 0.717) is 5.56 Å². The Bertz CT molecular complexity index is 543. The van der Waals surface area contributed by atoms with Gasteiger partial charge in [0.2, 0.25) is 5.76 Å². The van der Waals surface area contributed by atoms with Crippen LogP contribution in [0.4, 0.5) is 0 Å². The van der Waals surface area contributed by atoms with E-state index in [1.54, 1.807) is 18.2 Å². The first-order chi connectivity index (χ1) is 8.66. The molecule has 0 saturated carbocycles. The van der Waals surface area contributed by atoms with E-state index in [9.17, 15) is 9.59 Å². The van der Waals surface area contributed by atoms with Gasteiger partial charge in [-0.15, -0.1) is 0 Å². The molecule has 0 bridgehead atoms. The van der Waals surface area contributed by atoms with E-state index < -0.39 is 5.97 Å². The van der Waals surface area contributed by atoms with Crippen molar-refractivity contribution >= 4 is 34.3 Å². The van der Waals surface area contributed by atoms with Crippen LogP contribution < -0.4 is 0 Å². The summed E-state index contributed by atoms with van der Waals surface area (Å²) >= 11 is 2.15. The van der Waals surface area contributed by atoms with Crippen molar-refractivity contribution < 1.29 is 18.7 Å². The molecule has 92 valence electrons. The lowest BCUT2D eigenvalue weighted by molar-refractivity contribution is 0.0444. The first kappa shape index (κ1) is 12.8. The lowest BCUT2D eigenvalue weighted by Crippen LogP contribution is -2.13. The summed E-state index contributed by atoms with van der Waals surface area (Å²) in [5, 5.41) is 0. The Hall–Kier alpha value is -1.63. The van der Waals surface area contributed by atoms with E-state index in [1.165, 1.54) is 12.3 Å². The molecule has 0 N–H and O–H groups in total. The van der Waals surface area contributed by atoms with Crippen LogP contribution in [0.5, 0.6) is 0 Å². The zero-order valence-electron chi connectivity index (χ0n) is 9.26. The maximum atomic E-state index is 11.7. The van der Waals surface area contributed by atoms with Crippen molar-refractivity contribution in [1.82, 2.24) is 0 Å². The van der Waals surface area contributed by atoms with Crippen LogP contribution in [0.2, 0.25) is 0 Å². The van der Waals surface area contributed by atoms with Gasteiger partial charge in [0.05, 0.1) is 6.26 Å². The predicted octanol–water partition coefficient (Wildman–Crippen LogP) is 2.92. The maximum Gasteiger partial charge on any atom is 0.374 e. The molecule has 4 nitrogen and oxygen atoms in total. The molecule has 18 heavy (non-hydrogen) atoms. The number of carbonyl (C=O) groups excluding carboxylic acids is 2. The molecular formula is C13H9IO4. The zero-order chi connectivity index (χ0) is 13.0. The standard InChI is InChI=1S/C13H9IO4/c14-10-5-3-9(4-6-10)11(15)8-18-13(16)12-2-1-7-17-12/h1-7H,8H2. The van der Waals surface area contributed by atoms with Crippen LogP contribution in [0.3, 0.4) is 0 Å². The Labute approximate surface area is 117 Å². The van der Waals surface area contributed by atoms with Crippen molar-refractivity contribution in [2.24, 2.45) is 0 Å². The second kappa shape index (κ2) is 5.81. The molecule has 0 saturated heterocycles. The summed E-state index contributed by atoms with van der Waals surface area (Å²) in [7, 11) is 0. The van der Waals surface area contributed by atoms with Crippen LogP contribution in [0, 0.1) is 3.57 Å². The van der Waals surface area contributed by atoms with Crippen molar-refractivity contribution in [3.63, 3.8) is 0 Å². The Balaban J connectivity index is 1.92. The number of ketones is 1. The molecule has 0 amide bonds. The fourth-order valence-electron chi connectivity index (χ4n) is 1.32. The van der Waals surface area contributed by atoms with E-state index in [0.717, 1.165) is 3.57 Å². The molecule has 0 atom stereocenters. The van der Waals surface area contributed by atoms with Gasteiger partial charge in [-0.3, -0.25) is 4.79 Å². The zero-order valence-corrected chi connectivity index (χ0v) is 11.4. The maximum absolute atomic E-state index is 11.7. The monoisotopic (exact) mass is 356 g/mol. The van der Waals surface area contributed by atoms with Gasteiger partial charge in [0.15, 0.2) is 12.4 Å². The van der Waals surface area contributed by atoms with Crippen molar-refractivity contribution in [3.8, 4) is 0 Å². The molecule has 0 aliphatic rings. The lowest BCUT2D eigenvalue weighted by atomic mass is 10.1. The van der Waals surface area contributed by atoms with Gasteiger partial charge in [0, 0.05) is 9.13 Å². The van der Waals surface area contributed by atoms with Crippen molar-refractivity contribution in [2.75, 3.05) is 6.61 Å². The van der Waals surface area contributed by atoms with Crippen LogP contribution in [-0.2, 0) is 4.74 Å². The number of rotatable bonds is 4. The molecule has 0 unspecified atom stereocenters. The summed E-state index contributed by atoms with van der Waals surface area (Å²) in [6.07, 6.45) is 1.37. The SMILES string of the molecule is O=C(COC(=O)c1ccco1)c1ccc(I)cc1. The number of furan rings is 1. The van der Waals surface area contributed by atoms with Gasteiger partial charge in [0.25, 0.3) is 0 Å². The van der Waals surface area contributed by atoms with E-state index in [1.807, 2.05) is 12.1 Å². The van der Waals surface area contributed by atoms with Crippen LogP contribution in [0.25, 0.3) is 0 Å². The third-order valence-corrected chi connectivity index (χ3v) is 2.94. The van der Waals surface area contributed by atoms with Gasteiger partial charge in [0.1, 0.15) is 0 Å². The molecule has 0 fully saturated rings. The number of hydrogen-bond acceptors (Lipinski definition) is 4. The number of Topliss-reactive ketones (excluding diaryl/α,β-unsaturated/α-hetero) is 1. The van der Waals surface area contributed by atoms with Gasteiger partial charge in [-0.25, -0.2) is 4.79 Å². The van der Waals surface area contributed by atoms with Gasteiger partial charge >= 0.3 is 5.97 Å². The molecule has 0 aliphatic carbocycles. The van der Waals surface area contributed by atoms with E-state index in [4.69, 9.17) is 9.15 Å². The minimum absolute atomic E-state index is 0.0883.